The Hall–Kier alpha value is 0.140. The zero-order chi connectivity index (χ0) is 7.90. The molecule has 1 aromatic rings. The summed E-state index contributed by atoms with van der Waals surface area (Å²) in [4.78, 5) is 0. The molecule has 0 aromatic carbocycles. The third-order valence-electron chi connectivity index (χ3n) is 2.43. The van der Waals surface area contributed by atoms with Crippen molar-refractivity contribution in [2.24, 2.45) is 5.73 Å². The maximum absolute atomic E-state index is 5.71. The standard InChI is InChI=1S/C8H10BrNS/c9-7-6(1-4-11-7)8(5-10)2-3-8/h1,4H,2-3,5,10H2. The molecule has 1 aliphatic rings. The van der Waals surface area contributed by atoms with Crippen LogP contribution in [0.4, 0.5) is 0 Å². The largest absolute Gasteiger partial charge is 0.330 e. The molecule has 0 bridgehead atoms. The maximum atomic E-state index is 5.71. The predicted molar refractivity (Wildman–Crippen MR) is 52.0 cm³/mol. The molecule has 11 heavy (non-hydrogen) atoms. The molecule has 1 saturated carbocycles. The highest BCUT2D eigenvalue weighted by Crippen LogP contribution is 2.50. The van der Waals surface area contributed by atoms with E-state index in [-0.39, 0.29) is 0 Å². The second-order valence-corrected chi connectivity index (χ2v) is 5.33. The number of nitrogens with two attached hydrogens (primary N) is 1. The van der Waals surface area contributed by atoms with Crippen LogP contribution in [0.25, 0.3) is 0 Å². The van der Waals surface area contributed by atoms with E-state index in [0.717, 1.165) is 6.54 Å². The van der Waals surface area contributed by atoms with Gasteiger partial charge < -0.3 is 5.73 Å². The Morgan fingerprint density at radius 2 is 2.36 bits per heavy atom. The van der Waals surface area contributed by atoms with Crippen LogP contribution in [0, 0.1) is 0 Å². The van der Waals surface area contributed by atoms with Crippen molar-refractivity contribution in [1.29, 1.82) is 0 Å². The number of hydrogen-bond acceptors (Lipinski definition) is 2. The minimum atomic E-state index is 0.346. The van der Waals surface area contributed by atoms with Gasteiger partial charge in [-0.25, -0.2) is 0 Å². The summed E-state index contributed by atoms with van der Waals surface area (Å²) in [5.41, 5.74) is 7.48. The van der Waals surface area contributed by atoms with Crippen molar-refractivity contribution in [3.63, 3.8) is 0 Å². The number of hydrogen-bond donors (Lipinski definition) is 1. The van der Waals surface area contributed by atoms with E-state index in [9.17, 15) is 0 Å². The molecule has 0 atom stereocenters. The van der Waals surface area contributed by atoms with Crippen LogP contribution in [0.3, 0.4) is 0 Å². The first kappa shape index (κ1) is 7.77. The summed E-state index contributed by atoms with van der Waals surface area (Å²) >= 11 is 5.29. The van der Waals surface area contributed by atoms with Crippen LogP contribution in [-0.2, 0) is 5.41 Å². The summed E-state index contributed by atoms with van der Waals surface area (Å²) in [5, 5.41) is 2.12. The van der Waals surface area contributed by atoms with Gasteiger partial charge in [0, 0.05) is 12.0 Å². The van der Waals surface area contributed by atoms with Gasteiger partial charge in [-0.2, -0.15) is 0 Å². The number of halogens is 1. The lowest BCUT2D eigenvalue weighted by molar-refractivity contribution is 0.705. The molecule has 1 aliphatic carbocycles. The first-order valence-corrected chi connectivity index (χ1v) is 5.39. The lowest BCUT2D eigenvalue weighted by atomic mass is 10.00. The van der Waals surface area contributed by atoms with Gasteiger partial charge in [0.15, 0.2) is 0 Å². The molecule has 1 fully saturated rings. The second-order valence-electron chi connectivity index (χ2n) is 3.09. The average Bonchev–Trinajstić information content (AvgIpc) is 2.70. The minimum Gasteiger partial charge on any atom is -0.330 e. The monoisotopic (exact) mass is 231 g/mol. The van der Waals surface area contributed by atoms with Crippen molar-refractivity contribution < 1.29 is 0 Å². The van der Waals surface area contributed by atoms with Crippen molar-refractivity contribution in [2.75, 3.05) is 6.54 Å². The van der Waals surface area contributed by atoms with Gasteiger partial charge in [0.1, 0.15) is 0 Å². The molecule has 2 rings (SSSR count). The Labute approximate surface area is 78.7 Å². The van der Waals surface area contributed by atoms with Crippen LogP contribution < -0.4 is 5.73 Å². The Kier molecular flexibility index (Phi) is 1.82. The molecule has 1 heterocycles. The van der Waals surface area contributed by atoms with E-state index in [1.807, 2.05) is 0 Å². The lowest BCUT2D eigenvalue weighted by Crippen LogP contribution is -2.19. The highest BCUT2D eigenvalue weighted by atomic mass is 79.9. The van der Waals surface area contributed by atoms with Crippen molar-refractivity contribution in [2.45, 2.75) is 18.3 Å². The molecule has 3 heteroatoms. The molecule has 0 radical (unpaired) electrons. The van der Waals surface area contributed by atoms with Crippen molar-refractivity contribution in [1.82, 2.24) is 0 Å². The Bertz CT molecular complexity index is 265. The molecular formula is C8H10BrNS. The van der Waals surface area contributed by atoms with E-state index in [0.29, 0.717) is 5.41 Å². The van der Waals surface area contributed by atoms with Gasteiger partial charge in [0.05, 0.1) is 3.79 Å². The van der Waals surface area contributed by atoms with E-state index < -0.39 is 0 Å². The van der Waals surface area contributed by atoms with Crippen LogP contribution in [0.2, 0.25) is 0 Å². The fourth-order valence-electron chi connectivity index (χ4n) is 1.41. The zero-order valence-corrected chi connectivity index (χ0v) is 8.54. The highest BCUT2D eigenvalue weighted by Gasteiger charge is 2.44. The SMILES string of the molecule is NCC1(c2ccsc2Br)CC1. The molecule has 2 N–H and O–H groups in total. The topological polar surface area (TPSA) is 26.0 Å². The quantitative estimate of drug-likeness (QED) is 0.832. The van der Waals surface area contributed by atoms with Crippen LogP contribution in [0.15, 0.2) is 15.2 Å². The smallest absolute Gasteiger partial charge is 0.0736 e. The summed E-state index contributed by atoms with van der Waals surface area (Å²) in [5.74, 6) is 0. The number of thiophene rings is 1. The maximum Gasteiger partial charge on any atom is 0.0736 e. The van der Waals surface area contributed by atoms with E-state index >= 15 is 0 Å². The van der Waals surface area contributed by atoms with Gasteiger partial charge >= 0.3 is 0 Å². The normalized spacial score (nSPS) is 20.2. The molecule has 0 saturated heterocycles. The fraction of sp³-hybridized carbons (Fsp3) is 0.500. The summed E-state index contributed by atoms with van der Waals surface area (Å²) in [7, 11) is 0. The molecule has 0 aliphatic heterocycles. The molecule has 60 valence electrons. The molecule has 1 aromatic heterocycles. The first-order valence-electron chi connectivity index (χ1n) is 3.72. The summed E-state index contributed by atoms with van der Waals surface area (Å²) in [6.45, 7) is 0.794. The first-order chi connectivity index (χ1) is 5.28. The second kappa shape index (κ2) is 2.57. The third kappa shape index (κ3) is 1.15. The van der Waals surface area contributed by atoms with Crippen LogP contribution in [0.1, 0.15) is 18.4 Å². The van der Waals surface area contributed by atoms with E-state index in [4.69, 9.17) is 5.73 Å². The fourth-order valence-corrected chi connectivity index (χ4v) is 3.02. The lowest BCUT2D eigenvalue weighted by Gasteiger charge is -2.10. The van der Waals surface area contributed by atoms with Crippen LogP contribution in [-0.4, -0.2) is 6.54 Å². The van der Waals surface area contributed by atoms with E-state index in [1.165, 1.54) is 22.2 Å². The van der Waals surface area contributed by atoms with Crippen molar-refractivity contribution in [3.8, 4) is 0 Å². The molecule has 1 nitrogen and oxygen atoms in total. The van der Waals surface area contributed by atoms with E-state index in [1.54, 1.807) is 11.3 Å². The Balaban J connectivity index is 2.35. The van der Waals surface area contributed by atoms with Crippen molar-refractivity contribution >= 4 is 27.3 Å². The zero-order valence-electron chi connectivity index (χ0n) is 6.14. The van der Waals surface area contributed by atoms with Gasteiger partial charge in [0.2, 0.25) is 0 Å². The number of rotatable bonds is 2. The predicted octanol–water partition coefficient (Wildman–Crippen LogP) is 2.50. The van der Waals surface area contributed by atoms with Gasteiger partial charge in [-0.15, -0.1) is 11.3 Å². The van der Waals surface area contributed by atoms with Gasteiger partial charge in [-0.05, 0) is 45.8 Å². The molecule has 0 spiro atoms. The van der Waals surface area contributed by atoms with Gasteiger partial charge in [-0.3, -0.25) is 0 Å². The third-order valence-corrected chi connectivity index (χ3v) is 4.12. The Morgan fingerprint density at radius 3 is 2.73 bits per heavy atom. The van der Waals surface area contributed by atoms with Crippen molar-refractivity contribution in [3.05, 3.63) is 20.8 Å². The molecule has 0 unspecified atom stereocenters. The Morgan fingerprint density at radius 1 is 1.64 bits per heavy atom. The average molecular weight is 232 g/mol. The van der Waals surface area contributed by atoms with Gasteiger partial charge in [-0.1, -0.05) is 0 Å². The van der Waals surface area contributed by atoms with Crippen LogP contribution in [0.5, 0.6) is 0 Å². The van der Waals surface area contributed by atoms with E-state index in [2.05, 4.69) is 27.4 Å². The summed E-state index contributed by atoms with van der Waals surface area (Å²) in [6.07, 6.45) is 2.53. The minimum absolute atomic E-state index is 0.346. The summed E-state index contributed by atoms with van der Waals surface area (Å²) < 4.78 is 1.26. The molecular weight excluding hydrogens is 222 g/mol. The van der Waals surface area contributed by atoms with Crippen LogP contribution >= 0.6 is 27.3 Å². The summed E-state index contributed by atoms with van der Waals surface area (Å²) in [6, 6.07) is 2.19. The van der Waals surface area contributed by atoms with Gasteiger partial charge in [0.25, 0.3) is 0 Å². The molecule has 0 amide bonds. The highest BCUT2D eigenvalue weighted by molar-refractivity contribution is 9.11.